The Morgan fingerprint density at radius 3 is 2.58 bits per heavy atom. The van der Waals surface area contributed by atoms with Crippen LogP contribution in [0.5, 0.6) is 0 Å². The molecule has 0 unspecified atom stereocenters. The monoisotopic (exact) mass is 266 g/mol. The van der Waals surface area contributed by atoms with Crippen molar-refractivity contribution in [3.8, 4) is 6.07 Å². The second-order valence-electron chi connectivity index (χ2n) is 4.56. The number of nitriles is 1. The predicted octanol–water partition coefficient (Wildman–Crippen LogP) is 3.96. The van der Waals surface area contributed by atoms with Crippen LogP contribution in [-0.2, 0) is 19.6 Å². The normalized spacial score (nSPS) is 11.8. The number of alkyl halides is 3. The second-order valence-corrected chi connectivity index (χ2v) is 4.56. The average molecular weight is 266 g/mol. The highest BCUT2D eigenvalue weighted by Gasteiger charge is 2.37. The predicted molar refractivity (Wildman–Crippen MR) is 66.6 cm³/mol. The van der Waals surface area contributed by atoms with Gasteiger partial charge in [-0.1, -0.05) is 11.6 Å². The van der Waals surface area contributed by atoms with E-state index in [-0.39, 0.29) is 18.4 Å². The molecule has 1 aromatic heterocycles. The third-order valence-corrected chi connectivity index (χ3v) is 3.22. The largest absolute Gasteiger partial charge is 0.431 e. The fourth-order valence-corrected chi connectivity index (χ4v) is 2.43. The van der Waals surface area contributed by atoms with Crippen molar-refractivity contribution in [2.45, 2.75) is 25.9 Å². The van der Waals surface area contributed by atoms with Crippen molar-refractivity contribution in [2.75, 3.05) is 0 Å². The molecule has 0 N–H and O–H groups in total. The van der Waals surface area contributed by atoms with E-state index in [1.165, 1.54) is 11.6 Å². The van der Waals surface area contributed by atoms with Gasteiger partial charge in [0.1, 0.15) is 5.69 Å². The van der Waals surface area contributed by atoms with Crippen LogP contribution in [0.4, 0.5) is 13.2 Å². The lowest BCUT2D eigenvalue weighted by Crippen LogP contribution is -2.13. The number of nitrogens with zero attached hydrogens (tertiary/aromatic N) is 2. The van der Waals surface area contributed by atoms with Crippen LogP contribution >= 0.6 is 0 Å². The zero-order valence-electron chi connectivity index (χ0n) is 10.7. The van der Waals surface area contributed by atoms with Gasteiger partial charge in [0.25, 0.3) is 0 Å². The van der Waals surface area contributed by atoms with E-state index >= 15 is 0 Å². The molecule has 1 heterocycles. The minimum Gasteiger partial charge on any atom is -0.340 e. The molecule has 0 saturated heterocycles. The molecular weight excluding hydrogens is 253 g/mol. The summed E-state index contributed by atoms with van der Waals surface area (Å²) < 4.78 is 40.7. The number of halogens is 3. The third-order valence-electron chi connectivity index (χ3n) is 3.22. The molecule has 0 aliphatic heterocycles. The van der Waals surface area contributed by atoms with Gasteiger partial charge in [-0.3, -0.25) is 0 Å². The fourth-order valence-electron chi connectivity index (χ4n) is 2.43. The van der Waals surface area contributed by atoms with Crippen molar-refractivity contribution in [3.63, 3.8) is 0 Å². The van der Waals surface area contributed by atoms with Crippen molar-refractivity contribution >= 4 is 10.9 Å². The van der Waals surface area contributed by atoms with Gasteiger partial charge in [0.15, 0.2) is 0 Å². The summed E-state index contributed by atoms with van der Waals surface area (Å²) in [6.45, 7) is 1.84. The van der Waals surface area contributed by atoms with Crippen LogP contribution < -0.4 is 0 Å². The lowest BCUT2D eigenvalue weighted by molar-refractivity contribution is -0.143. The van der Waals surface area contributed by atoms with Gasteiger partial charge in [-0.15, -0.1) is 0 Å². The molecule has 2 rings (SSSR count). The summed E-state index contributed by atoms with van der Waals surface area (Å²) in [5.74, 6) is 0. The first kappa shape index (κ1) is 13.5. The number of aromatic nitrogens is 1. The van der Waals surface area contributed by atoms with Gasteiger partial charge in [0, 0.05) is 24.4 Å². The summed E-state index contributed by atoms with van der Waals surface area (Å²) in [5, 5.41) is 9.20. The first-order valence-electron chi connectivity index (χ1n) is 5.88. The lowest BCUT2D eigenvalue weighted by atomic mass is 10.0. The van der Waals surface area contributed by atoms with Crippen LogP contribution in [0.15, 0.2) is 18.2 Å². The Morgan fingerprint density at radius 2 is 2.00 bits per heavy atom. The van der Waals surface area contributed by atoms with Gasteiger partial charge in [-0.05, 0) is 31.0 Å². The molecule has 0 bridgehead atoms. The molecule has 0 spiro atoms. The summed E-state index contributed by atoms with van der Waals surface area (Å²) in [6.07, 6.45) is -4.21. The van der Waals surface area contributed by atoms with E-state index in [1.807, 2.05) is 13.0 Å². The van der Waals surface area contributed by atoms with Crippen LogP contribution in [0.3, 0.4) is 0 Å². The maximum absolute atomic E-state index is 13.2. The minimum absolute atomic E-state index is 0.0795. The number of benzene rings is 1. The van der Waals surface area contributed by atoms with Gasteiger partial charge in [0.05, 0.1) is 6.07 Å². The molecule has 2 aromatic rings. The third kappa shape index (κ3) is 2.30. The first-order chi connectivity index (χ1) is 8.86. The highest BCUT2D eigenvalue weighted by Crippen LogP contribution is 2.38. The molecule has 0 aliphatic carbocycles. The van der Waals surface area contributed by atoms with E-state index in [9.17, 15) is 13.2 Å². The highest BCUT2D eigenvalue weighted by atomic mass is 19.4. The van der Waals surface area contributed by atoms with Gasteiger partial charge < -0.3 is 4.57 Å². The standard InChI is InChI=1S/C14H13F3N2/c1-9-5-6-12-11(8-9)10(4-3-7-18)13(19(12)2)14(15,16)17/h5-6,8H,3-4H2,1-2H3. The molecule has 0 atom stereocenters. The van der Waals surface area contributed by atoms with Gasteiger partial charge in [0.2, 0.25) is 0 Å². The Hall–Kier alpha value is -1.96. The first-order valence-corrected chi connectivity index (χ1v) is 5.88. The molecule has 0 amide bonds. The van der Waals surface area contributed by atoms with Gasteiger partial charge >= 0.3 is 6.18 Å². The van der Waals surface area contributed by atoms with E-state index in [4.69, 9.17) is 5.26 Å². The lowest BCUT2D eigenvalue weighted by Gasteiger charge is -2.10. The van der Waals surface area contributed by atoms with E-state index < -0.39 is 11.9 Å². The minimum atomic E-state index is -4.41. The fraction of sp³-hybridized carbons (Fsp3) is 0.357. The average Bonchev–Trinajstić information content (AvgIpc) is 2.58. The smallest absolute Gasteiger partial charge is 0.340 e. The number of rotatable bonds is 2. The zero-order valence-corrected chi connectivity index (χ0v) is 10.7. The maximum Gasteiger partial charge on any atom is 0.431 e. The van der Waals surface area contributed by atoms with Gasteiger partial charge in [-0.2, -0.15) is 18.4 Å². The molecule has 0 saturated carbocycles. The highest BCUT2D eigenvalue weighted by molar-refractivity contribution is 5.86. The van der Waals surface area contributed by atoms with Crippen molar-refractivity contribution in [2.24, 2.45) is 7.05 Å². The van der Waals surface area contributed by atoms with E-state index in [0.29, 0.717) is 10.9 Å². The topological polar surface area (TPSA) is 28.7 Å². The van der Waals surface area contributed by atoms with E-state index in [1.54, 1.807) is 18.2 Å². The molecular formula is C14H13F3N2. The maximum atomic E-state index is 13.2. The summed E-state index contributed by atoms with van der Waals surface area (Å²) in [7, 11) is 1.41. The molecule has 5 heteroatoms. The number of fused-ring (bicyclic) bond motifs is 1. The SMILES string of the molecule is Cc1ccc2c(c1)c(CCC#N)c(C(F)(F)F)n2C. The molecule has 0 radical (unpaired) electrons. The Kier molecular flexibility index (Phi) is 3.27. The molecule has 100 valence electrons. The van der Waals surface area contributed by atoms with Crippen LogP contribution in [-0.4, -0.2) is 4.57 Å². The summed E-state index contributed by atoms with van der Waals surface area (Å²) >= 11 is 0. The quantitative estimate of drug-likeness (QED) is 0.808. The Balaban J connectivity index is 2.78. The second kappa shape index (κ2) is 4.61. The van der Waals surface area contributed by atoms with Crippen LogP contribution in [0.25, 0.3) is 10.9 Å². The Morgan fingerprint density at radius 1 is 1.32 bits per heavy atom. The molecule has 19 heavy (non-hydrogen) atoms. The number of hydrogen-bond donors (Lipinski definition) is 0. The van der Waals surface area contributed by atoms with E-state index in [2.05, 4.69) is 0 Å². The van der Waals surface area contributed by atoms with Crippen molar-refractivity contribution in [3.05, 3.63) is 35.0 Å². The molecule has 1 aromatic carbocycles. The van der Waals surface area contributed by atoms with Crippen LogP contribution in [0.1, 0.15) is 23.2 Å². The summed E-state index contributed by atoms with van der Waals surface area (Å²) in [5.41, 5.74) is 1.02. The Bertz CT molecular complexity index is 660. The van der Waals surface area contributed by atoms with E-state index in [0.717, 1.165) is 5.56 Å². The summed E-state index contributed by atoms with van der Waals surface area (Å²) in [4.78, 5) is 0. The van der Waals surface area contributed by atoms with Gasteiger partial charge in [-0.25, -0.2) is 0 Å². The van der Waals surface area contributed by atoms with Crippen LogP contribution in [0, 0.1) is 18.3 Å². The summed E-state index contributed by atoms with van der Waals surface area (Å²) in [6, 6.07) is 7.13. The number of hydrogen-bond acceptors (Lipinski definition) is 1. The molecule has 2 nitrogen and oxygen atoms in total. The molecule has 0 fully saturated rings. The number of aryl methyl sites for hydroxylation is 3. The zero-order chi connectivity index (χ0) is 14.2. The molecule has 0 aliphatic rings. The Labute approximate surface area is 109 Å². The van der Waals surface area contributed by atoms with Crippen LogP contribution in [0.2, 0.25) is 0 Å². The van der Waals surface area contributed by atoms with Crippen molar-refractivity contribution in [1.29, 1.82) is 5.26 Å². The van der Waals surface area contributed by atoms with Crippen molar-refractivity contribution < 1.29 is 13.2 Å². The van der Waals surface area contributed by atoms with Crippen molar-refractivity contribution in [1.82, 2.24) is 4.57 Å².